The minimum absolute atomic E-state index is 0.202. The average molecular weight is 155 g/mol. The van der Waals surface area contributed by atoms with E-state index in [0.29, 0.717) is 0 Å². The van der Waals surface area contributed by atoms with Crippen LogP contribution in [-0.4, -0.2) is 36.2 Å². The molecule has 1 unspecified atom stereocenters. The van der Waals surface area contributed by atoms with Crippen LogP contribution < -0.4 is 5.73 Å². The summed E-state index contributed by atoms with van der Waals surface area (Å²) in [5.41, 5.74) is 5.11. The van der Waals surface area contributed by atoms with Gasteiger partial charge in [-0.25, -0.2) is 0 Å². The van der Waals surface area contributed by atoms with Gasteiger partial charge in [-0.15, -0.1) is 0 Å². The largest absolute Gasteiger partial charge is 0.368 e. The second-order valence-electron chi connectivity index (χ2n) is 2.68. The molecule has 1 atom stereocenters. The highest BCUT2D eigenvalue weighted by molar-refractivity contribution is 5.80. The molecule has 4 nitrogen and oxygen atoms in total. The van der Waals surface area contributed by atoms with Gasteiger partial charge in [-0.1, -0.05) is 0 Å². The fourth-order valence-corrected chi connectivity index (χ4v) is 1.42. The Kier molecular flexibility index (Phi) is 2.59. The molecule has 1 fully saturated rings. The number of carbonyl (C=O) groups is 1. The summed E-state index contributed by atoms with van der Waals surface area (Å²) in [5, 5.41) is 0. The minimum Gasteiger partial charge on any atom is -0.368 e. The highest BCUT2D eigenvalue weighted by atomic mass is 16.1. The van der Waals surface area contributed by atoms with Crippen LogP contribution in [0.1, 0.15) is 12.8 Å². The molecular formula is C7H11N2O2. The summed E-state index contributed by atoms with van der Waals surface area (Å²) in [7, 11) is 0. The molecule has 0 bridgehead atoms. The average Bonchev–Trinajstić information content (AvgIpc) is 2.36. The van der Waals surface area contributed by atoms with E-state index in [4.69, 9.17) is 5.73 Å². The number of amides is 1. The van der Waals surface area contributed by atoms with E-state index in [1.807, 2.05) is 0 Å². The standard InChI is InChI=1S/C7H11N2O2/c8-7(11)6-2-1-3-9(6)4-5-10/h6H,1-4H2,(H2,8,11). The topological polar surface area (TPSA) is 63.4 Å². The number of nitrogens with zero attached hydrogens (tertiary/aromatic N) is 1. The molecule has 0 aromatic heterocycles. The van der Waals surface area contributed by atoms with Crippen LogP contribution in [0.2, 0.25) is 0 Å². The molecule has 0 spiro atoms. The van der Waals surface area contributed by atoms with Crippen LogP contribution in [0.4, 0.5) is 0 Å². The number of hydrogen-bond acceptors (Lipinski definition) is 3. The van der Waals surface area contributed by atoms with E-state index in [1.165, 1.54) is 0 Å². The normalized spacial score (nSPS) is 25.3. The Morgan fingerprint density at radius 2 is 2.45 bits per heavy atom. The summed E-state index contributed by atoms with van der Waals surface area (Å²) in [4.78, 5) is 22.5. The number of nitrogens with two attached hydrogens (primary N) is 1. The zero-order chi connectivity index (χ0) is 8.27. The summed E-state index contributed by atoms with van der Waals surface area (Å²) in [6.07, 6.45) is 3.48. The van der Waals surface area contributed by atoms with Gasteiger partial charge in [0, 0.05) is 0 Å². The smallest absolute Gasteiger partial charge is 0.234 e. The number of rotatable bonds is 3. The van der Waals surface area contributed by atoms with Crippen molar-refractivity contribution in [1.29, 1.82) is 0 Å². The van der Waals surface area contributed by atoms with E-state index < -0.39 is 0 Å². The Balaban J connectivity index is 2.50. The monoisotopic (exact) mass is 155 g/mol. The third-order valence-corrected chi connectivity index (χ3v) is 1.96. The molecule has 1 rings (SSSR count). The first-order chi connectivity index (χ1) is 5.25. The number of carbonyl (C=O) groups excluding carboxylic acids is 2. The molecule has 1 heterocycles. The maximum Gasteiger partial charge on any atom is 0.234 e. The van der Waals surface area contributed by atoms with Gasteiger partial charge >= 0.3 is 0 Å². The van der Waals surface area contributed by atoms with E-state index >= 15 is 0 Å². The molecule has 11 heavy (non-hydrogen) atoms. The molecule has 0 saturated carbocycles. The van der Waals surface area contributed by atoms with Crippen molar-refractivity contribution in [2.24, 2.45) is 5.73 Å². The molecule has 1 amide bonds. The zero-order valence-electron chi connectivity index (χ0n) is 6.25. The molecule has 0 aliphatic carbocycles. The van der Waals surface area contributed by atoms with Gasteiger partial charge in [0.15, 0.2) is 0 Å². The van der Waals surface area contributed by atoms with Crippen LogP contribution in [0.15, 0.2) is 0 Å². The Bertz CT molecular complexity index is 170. The van der Waals surface area contributed by atoms with Crippen molar-refractivity contribution in [2.45, 2.75) is 18.9 Å². The van der Waals surface area contributed by atoms with Crippen LogP contribution >= 0.6 is 0 Å². The van der Waals surface area contributed by atoms with Crippen molar-refractivity contribution >= 4 is 12.2 Å². The quantitative estimate of drug-likeness (QED) is 0.571. The van der Waals surface area contributed by atoms with Crippen molar-refractivity contribution < 1.29 is 9.59 Å². The van der Waals surface area contributed by atoms with Crippen molar-refractivity contribution in [3.8, 4) is 0 Å². The molecule has 1 aliphatic rings. The highest BCUT2D eigenvalue weighted by Gasteiger charge is 2.28. The molecular weight excluding hydrogens is 144 g/mol. The zero-order valence-corrected chi connectivity index (χ0v) is 6.25. The van der Waals surface area contributed by atoms with E-state index in [-0.39, 0.29) is 18.5 Å². The van der Waals surface area contributed by atoms with Crippen molar-refractivity contribution in [1.82, 2.24) is 4.90 Å². The molecule has 1 radical (unpaired) electrons. The lowest BCUT2D eigenvalue weighted by Gasteiger charge is -2.17. The molecule has 0 aromatic carbocycles. The van der Waals surface area contributed by atoms with Crippen LogP contribution in [0.25, 0.3) is 0 Å². The SMILES string of the molecule is NC(=O)C1CCCN1C[C]=O. The fraction of sp³-hybridized carbons (Fsp3) is 0.714. The van der Waals surface area contributed by atoms with E-state index in [1.54, 1.807) is 11.2 Å². The summed E-state index contributed by atoms with van der Waals surface area (Å²) < 4.78 is 0. The van der Waals surface area contributed by atoms with E-state index in [2.05, 4.69) is 0 Å². The van der Waals surface area contributed by atoms with Gasteiger partial charge in [-0.3, -0.25) is 14.5 Å². The summed E-state index contributed by atoms with van der Waals surface area (Å²) in [6.45, 7) is 0.983. The molecule has 4 heteroatoms. The summed E-state index contributed by atoms with van der Waals surface area (Å²) in [6, 6.07) is -0.239. The van der Waals surface area contributed by atoms with Gasteiger partial charge in [0.05, 0.1) is 12.6 Å². The summed E-state index contributed by atoms with van der Waals surface area (Å²) in [5.74, 6) is -0.335. The molecule has 2 N–H and O–H groups in total. The Morgan fingerprint density at radius 3 is 3.00 bits per heavy atom. The van der Waals surface area contributed by atoms with Gasteiger partial charge in [0.25, 0.3) is 0 Å². The highest BCUT2D eigenvalue weighted by Crippen LogP contribution is 2.15. The first kappa shape index (κ1) is 8.20. The number of primary amides is 1. The van der Waals surface area contributed by atoms with Gasteiger partial charge in [-0.05, 0) is 19.4 Å². The third kappa shape index (κ3) is 1.77. The summed E-state index contributed by atoms with van der Waals surface area (Å²) >= 11 is 0. The predicted molar refractivity (Wildman–Crippen MR) is 39.5 cm³/mol. The van der Waals surface area contributed by atoms with Gasteiger partial charge in [0.2, 0.25) is 12.2 Å². The van der Waals surface area contributed by atoms with Gasteiger partial charge in [-0.2, -0.15) is 0 Å². The Labute approximate surface area is 65.3 Å². The fourth-order valence-electron chi connectivity index (χ4n) is 1.42. The lowest BCUT2D eigenvalue weighted by molar-refractivity contribution is -0.122. The number of hydrogen-bond donors (Lipinski definition) is 1. The number of likely N-dealkylation sites (tertiary alicyclic amines) is 1. The maximum atomic E-state index is 10.7. The molecule has 1 saturated heterocycles. The van der Waals surface area contributed by atoms with Crippen LogP contribution in [0.3, 0.4) is 0 Å². The second kappa shape index (κ2) is 3.48. The molecule has 1 aliphatic heterocycles. The lowest BCUT2D eigenvalue weighted by atomic mass is 10.2. The van der Waals surface area contributed by atoms with Gasteiger partial charge < -0.3 is 5.73 Å². The Hall–Kier alpha value is -0.900. The van der Waals surface area contributed by atoms with Crippen molar-refractivity contribution in [3.05, 3.63) is 0 Å². The molecule has 61 valence electrons. The second-order valence-corrected chi connectivity index (χ2v) is 2.68. The lowest BCUT2D eigenvalue weighted by Crippen LogP contribution is -2.40. The molecule has 0 aromatic rings. The van der Waals surface area contributed by atoms with Crippen molar-refractivity contribution in [2.75, 3.05) is 13.1 Å². The first-order valence-corrected chi connectivity index (χ1v) is 3.64. The van der Waals surface area contributed by atoms with E-state index in [9.17, 15) is 9.59 Å². The van der Waals surface area contributed by atoms with Crippen LogP contribution in [0, 0.1) is 0 Å². The first-order valence-electron chi connectivity index (χ1n) is 3.64. The van der Waals surface area contributed by atoms with Crippen LogP contribution in [0.5, 0.6) is 0 Å². The van der Waals surface area contributed by atoms with Crippen molar-refractivity contribution in [3.63, 3.8) is 0 Å². The minimum atomic E-state index is -0.335. The van der Waals surface area contributed by atoms with Gasteiger partial charge in [0.1, 0.15) is 0 Å². The maximum absolute atomic E-state index is 10.7. The predicted octanol–water partition coefficient (Wildman–Crippen LogP) is -0.954. The third-order valence-electron chi connectivity index (χ3n) is 1.96. The van der Waals surface area contributed by atoms with Crippen LogP contribution in [-0.2, 0) is 9.59 Å². The van der Waals surface area contributed by atoms with E-state index in [0.717, 1.165) is 19.4 Å². The Morgan fingerprint density at radius 1 is 1.73 bits per heavy atom.